The second-order valence-corrected chi connectivity index (χ2v) is 7.52. The van der Waals surface area contributed by atoms with Gasteiger partial charge in [0.05, 0.1) is 18.7 Å². The van der Waals surface area contributed by atoms with E-state index in [0.29, 0.717) is 0 Å². The van der Waals surface area contributed by atoms with Crippen LogP contribution in [0.2, 0.25) is 0 Å². The van der Waals surface area contributed by atoms with Crippen molar-refractivity contribution in [3.8, 4) is 5.75 Å². The summed E-state index contributed by atoms with van der Waals surface area (Å²) in [5.74, 6) is 1.83. The average Bonchev–Trinajstić information content (AvgIpc) is 3.11. The van der Waals surface area contributed by atoms with Crippen LogP contribution >= 0.6 is 0 Å². The van der Waals surface area contributed by atoms with Crippen LogP contribution in [-0.4, -0.2) is 58.4 Å². The molecule has 7 heteroatoms. The van der Waals surface area contributed by atoms with Crippen LogP contribution < -0.4 is 9.64 Å². The highest BCUT2D eigenvalue weighted by Crippen LogP contribution is 2.26. The van der Waals surface area contributed by atoms with Gasteiger partial charge in [-0.05, 0) is 62.4 Å². The predicted octanol–water partition coefficient (Wildman–Crippen LogP) is 2.32. The van der Waals surface area contributed by atoms with Crippen molar-refractivity contribution in [1.82, 2.24) is 25.1 Å². The first kappa shape index (κ1) is 17.7. The number of hydrogen-bond donors (Lipinski definition) is 0. The van der Waals surface area contributed by atoms with Gasteiger partial charge in [-0.25, -0.2) is 4.68 Å². The lowest BCUT2D eigenvalue weighted by Gasteiger charge is -2.39. The van der Waals surface area contributed by atoms with Gasteiger partial charge in [0.2, 0.25) is 0 Å². The Labute approximate surface area is 149 Å². The molecule has 25 heavy (non-hydrogen) atoms. The number of piperazine rings is 1. The molecule has 1 aromatic heterocycles. The third kappa shape index (κ3) is 3.76. The number of anilines is 1. The Morgan fingerprint density at radius 3 is 2.24 bits per heavy atom. The summed E-state index contributed by atoms with van der Waals surface area (Å²) in [6, 6.07) is 8.48. The molecule has 1 atom stereocenters. The molecule has 0 spiro atoms. The van der Waals surface area contributed by atoms with E-state index in [1.165, 1.54) is 5.69 Å². The van der Waals surface area contributed by atoms with E-state index in [4.69, 9.17) is 4.74 Å². The molecule has 1 aromatic carbocycles. The summed E-state index contributed by atoms with van der Waals surface area (Å²) in [7, 11) is 1.69. The molecule has 0 amide bonds. The molecule has 0 saturated carbocycles. The molecule has 2 heterocycles. The SMILES string of the molecule is COc1ccc(N2CCN(C(C)c3nnnn3C(C)(C)C)CC2)cc1. The maximum Gasteiger partial charge on any atom is 0.168 e. The molecule has 0 bridgehead atoms. The smallest absolute Gasteiger partial charge is 0.168 e. The molecule has 1 unspecified atom stereocenters. The van der Waals surface area contributed by atoms with Gasteiger partial charge in [0.15, 0.2) is 5.82 Å². The number of rotatable bonds is 4. The van der Waals surface area contributed by atoms with E-state index in [0.717, 1.165) is 37.8 Å². The van der Waals surface area contributed by atoms with Gasteiger partial charge < -0.3 is 9.64 Å². The number of benzene rings is 1. The van der Waals surface area contributed by atoms with Crippen LogP contribution in [0.5, 0.6) is 5.75 Å². The summed E-state index contributed by atoms with van der Waals surface area (Å²) in [4.78, 5) is 4.86. The first-order valence-electron chi connectivity index (χ1n) is 8.82. The van der Waals surface area contributed by atoms with Crippen LogP contribution in [0, 0.1) is 0 Å². The number of nitrogens with zero attached hydrogens (tertiary/aromatic N) is 6. The van der Waals surface area contributed by atoms with Crippen molar-refractivity contribution >= 4 is 5.69 Å². The highest BCUT2D eigenvalue weighted by molar-refractivity contribution is 5.49. The van der Waals surface area contributed by atoms with Crippen molar-refractivity contribution in [3.05, 3.63) is 30.1 Å². The van der Waals surface area contributed by atoms with Gasteiger partial charge in [0.1, 0.15) is 5.75 Å². The highest BCUT2D eigenvalue weighted by Gasteiger charge is 2.29. The van der Waals surface area contributed by atoms with Gasteiger partial charge in [-0.1, -0.05) is 0 Å². The molecule has 2 aromatic rings. The Hall–Kier alpha value is -2.15. The maximum atomic E-state index is 5.24. The maximum absolute atomic E-state index is 5.24. The number of ether oxygens (including phenoxy) is 1. The molecule has 0 N–H and O–H groups in total. The van der Waals surface area contributed by atoms with Gasteiger partial charge in [0.25, 0.3) is 0 Å². The Balaban J connectivity index is 1.65. The minimum Gasteiger partial charge on any atom is -0.497 e. The van der Waals surface area contributed by atoms with Crippen LogP contribution in [0.15, 0.2) is 24.3 Å². The topological polar surface area (TPSA) is 59.3 Å². The van der Waals surface area contributed by atoms with Crippen molar-refractivity contribution in [1.29, 1.82) is 0 Å². The van der Waals surface area contributed by atoms with E-state index in [2.05, 4.69) is 65.2 Å². The van der Waals surface area contributed by atoms with Crippen molar-refractivity contribution in [2.24, 2.45) is 0 Å². The average molecular weight is 344 g/mol. The van der Waals surface area contributed by atoms with E-state index in [1.54, 1.807) is 7.11 Å². The van der Waals surface area contributed by atoms with E-state index in [1.807, 2.05) is 16.8 Å². The third-order valence-electron chi connectivity index (χ3n) is 4.80. The zero-order valence-electron chi connectivity index (χ0n) is 15.8. The lowest BCUT2D eigenvalue weighted by molar-refractivity contribution is 0.178. The molecule has 7 nitrogen and oxygen atoms in total. The second kappa shape index (κ2) is 7.00. The van der Waals surface area contributed by atoms with E-state index in [9.17, 15) is 0 Å². The van der Waals surface area contributed by atoms with Gasteiger partial charge in [-0.2, -0.15) is 0 Å². The highest BCUT2D eigenvalue weighted by atomic mass is 16.5. The normalized spacial score (nSPS) is 17.6. The Morgan fingerprint density at radius 2 is 1.68 bits per heavy atom. The van der Waals surface area contributed by atoms with E-state index >= 15 is 0 Å². The standard InChI is InChI=1S/C18H28N6O/c1-14(17-19-20-21-24(17)18(2,3)4)22-10-12-23(13-11-22)15-6-8-16(25-5)9-7-15/h6-9,14H,10-13H2,1-5H3. The van der Waals surface area contributed by atoms with Crippen LogP contribution in [0.25, 0.3) is 0 Å². The Morgan fingerprint density at radius 1 is 1.04 bits per heavy atom. The lowest BCUT2D eigenvalue weighted by Crippen LogP contribution is -2.48. The largest absolute Gasteiger partial charge is 0.497 e. The Bertz CT molecular complexity index is 682. The molecule has 1 aliphatic heterocycles. The predicted molar refractivity (Wildman–Crippen MR) is 98.0 cm³/mol. The van der Waals surface area contributed by atoms with Crippen molar-refractivity contribution in [2.45, 2.75) is 39.3 Å². The third-order valence-corrected chi connectivity index (χ3v) is 4.80. The molecule has 1 fully saturated rings. The summed E-state index contributed by atoms with van der Waals surface area (Å²) >= 11 is 0. The molecule has 136 valence electrons. The first-order chi connectivity index (χ1) is 11.9. The zero-order chi connectivity index (χ0) is 18.0. The summed E-state index contributed by atoms with van der Waals surface area (Å²) < 4.78 is 7.18. The number of tetrazole rings is 1. The van der Waals surface area contributed by atoms with Gasteiger partial charge in [0, 0.05) is 31.9 Å². The van der Waals surface area contributed by atoms with E-state index in [-0.39, 0.29) is 11.6 Å². The lowest BCUT2D eigenvalue weighted by atomic mass is 10.1. The van der Waals surface area contributed by atoms with Crippen LogP contribution in [0.3, 0.4) is 0 Å². The number of hydrogen-bond acceptors (Lipinski definition) is 6. The minimum absolute atomic E-state index is 0.113. The first-order valence-corrected chi connectivity index (χ1v) is 8.82. The molecule has 0 radical (unpaired) electrons. The fourth-order valence-corrected chi connectivity index (χ4v) is 3.26. The van der Waals surface area contributed by atoms with Crippen LogP contribution in [-0.2, 0) is 5.54 Å². The van der Waals surface area contributed by atoms with Gasteiger partial charge in [-0.3, -0.25) is 4.90 Å². The van der Waals surface area contributed by atoms with Gasteiger partial charge >= 0.3 is 0 Å². The molecule has 1 saturated heterocycles. The summed E-state index contributed by atoms with van der Waals surface area (Å²) in [6.07, 6.45) is 0. The second-order valence-electron chi connectivity index (χ2n) is 7.52. The van der Waals surface area contributed by atoms with Crippen LogP contribution in [0.4, 0.5) is 5.69 Å². The van der Waals surface area contributed by atoms with Crippen molar-refractivity contribution < 1.29 is 4.74 Å². The molecule has 0 aliphatic carbocycles. The quantitative estimate of drug-likeness (QED) is 0.848. The fourth-order valence-electron chi connectivity index (χ4n) is 3.26. The fraction of sp³-hybridized carbons (Fsp3) is 0.611. The monoisotopic (exact) mass is 344 g/mol. The number of aromatic nitrogens is 4. The van der Waals surface area contributed by atoms with Crippen LogP contribution in [0.1, 0.15) is 39.6 Å². The Kier molecular flexibility index (Phi) is 4.94. The number of methoxy groups -OCH3 is 1. The molecule has 3 rings (SSSR count). The zero-order valence-corrected chi connectivity index (χ0v) is 15.8. The molecular formula is C18H28N6O. The van der Waals surface area contributed by atoms with Crippen molar-refractivity contribution in [3.63, 3.8) is 0 Å². The minimum atomic E-state index is -0.113. The summed E-state index contributed by atoms with van der Waals surface area (Å²) in [5, 5.41) is 12.4. The van der Waals surface area contributed by atoms with Gasteiger partial charge in [-0.15, -0.1) is 5.10 Å². The van der Waals surface area contributed by atoms with E-state index < -0.39 is 0 Å². The molecule has 1 aliphatic rings. The summed E-state index contributed by atoms with van der Waals surface area (Å²) in [5.41, 5.74) is 1.13. The summed E-state index contributed by atoms with van der Waals surface area (Å²) in [6.45, 7) is 12.5. The van der Waals surface area contributed by atoms with Crippen molar-refractivity contribution in [2.75, 3.05) is 38.2 Å². The molecular weight excluding hydrogens is 316 g/mol.